The molecule has 0 aromatic carbocycles. The van der Waals surface area contributed by atoms with Crippen LogP contribution in [-0.4, -0.2) is 29.5 Å². The molecule has 0 unspecified atom stereocenters. The zero-order chi connectivity index (χ0) is 9.97. The maximum atomic E-state index is 6.03. The molecule has 80 valence electrons. The first-order valence-electron chi connectivity index (χ1n) is 5.91. The van der Waals surface area contributed by atoms with Gasteiger partial charge in [-0.3, -0.25) is 0 Å². The molecule has 2 aliphatic carbocycles. The Kier molecular flexibility index (Phi) is 2.94. The zero-order valence-corrected chi connectivity index (χ0v) is 9.08. The average Bonchev–Trinajstić information content (AvgIpc) is 2.86. The van der Waals surface area contributed by atoms with Crippen molar-refractivity contribution >= 4 is 5.96 Å². The molecule has 0 saturated heterocycles. The Balaban J connectivity index is 1.92. The van der Waals surface area contributed by atoms with Crippen molar-refractivity contribution in [1.29, 1.82) is 0 Å². The summed E-state index contributed by atoms with van der Waals surface area (Å²) >= 11 is 0. The standard InChI is InChI=1S/C11H21N3/c1-2-14(10-7-8-10)11(12)13-9-5-3-4-6-9/h9-10H,2-8H2,1H3,(H2,12,13). The van der Waals surface area contributed by atoms with Crippen molar-refractivity contribution in [1.82, 2.24) is 4.90 Å². The van der Waals surface area contributed by atoms with Crippen LogP contribution in [0.25, 0.3) is 0 Å². The maximum absolute atomic E-state index is 6.03. The summed E-state index contributed by atoms with van der Waals surface area (Å²) in [7, 11) is 0. The minimum atomic E-state index is 0.516. The highest BCUT2D eigenvalue weighted by Crippen LogP contribution is 2.27. The summed E-state index contributed by atoms with van der Waals surface area (Å²) in [5.74, 6) is 0.793. The number of rotatable bonds is 3. The fraction of sp³-hybridized carbons (Fsp3) is 0.909. The summed E-state index contributed by atoms with van der Waals surface area (Å²) in [4.78, 5) is 6.89. The summed E-state index contributed by atoms with van der Waals surface area (Å²) in [5, 5.41) is 0. The molecular formula is C11H21N3. The van der Waals surface area contributed by atoms with Gasteiger partial charge >= 0.3 is 0 Å². The summed E-state index contributed by atoms with van der Waals surface area (Å²) < 4.78 is 0. The van der Waals surface area contributed by atoms with Crippen LogP contribution in [0.3, 0.4) is 0 Å². The number of nitrogens with two attached hydrogens (primary N) is 1. The molecule has 3 heteroatoms. The summed E-state index contributed by atoms with van der Waals surface area (Å²) in [6, 6.07) is 1.22. The molecule has 2 saturated carbocycles. The van der Waals surface area contributed by atoms with E-state index >= 15 is 0 Å². The molecule has 2 rings (SSSR count). The van der Waals surface area contributed by atoms with Crippen molar-refractivity contribution in [3.05, 3.63) is 0 Å². The number of aliphatic imine (C=N–C) groups is 1. The van der Waals surface area contributed by atoms with E-state index in [1.165, 1.54) is 38.5 Å². The highest BCUT2D eigenvalue weighted by Gasteiger charge is 2.29. The van der Waals surface area contributed by atoms with Crippen LogP contribution in [0.4, 0.5) is 0 Å². The molecule has 0 spiro atoms. The predicted molar refractivity (Wildman–Crippen MR) is 59.3 cm³/mol. The van der Waals surface area contributed by atoms with Crippen LogP contribution in [0.2, 0.25) is 0 Å². The Morgan fingerprint density at radius 1 is 1.29 bits per heavy atom. The largest absolute Gasteiger partial charge is 0.370 e. The molecule has 2 aliphatic rings. The van der Waals surface area contributed by atoms with E-state index < -0.39 is 0 Å². The van der Waals surface area contributed by atoms with E-state index in [0.29, 0.717) is 12.1 Å². The molecule has 0 atom stereocenters. The van der Waals surface area contributed by atoms with Gasteiger partial charge in [-0.15, -0.1) is 0 Å². The lowest BCUT2D eigenvalue weighted by molar-refractivity contribution is 0.422. The van der Waals surface area contributed by atoms with Crippen molar-refractivity contribution in [2.45, 2.75) is 57.5 Å². The second-order valence-corrected chi connectivity index (χ2v) is 4.44. The first kappa shape index (κ1) is 9.81. The molecule has 0 aromatic rings. The number of hydrogen-bond acceptors (Lipinski definition) is 1. The lowest BCUT2D eigenvalue weighted by Gasteiger charge is -2.22. The first-order chi connectivity index (χ1) is 6.81. The van der Waals surface area contributed by atoms with Gasteiger partial charge in [0.25, 0.3) is 0 Å². The van der Waals surface area contributed by atoms with Gasteiger partial charge in [0.1, 0.15) is 0 Å². The van der Waals surface area contributed by atoms with Crippen molar-refractivity contribution in [2.75, 3.05) is 6.54 Å². The third-order valence-electron chi connectivity index (χ3n) is 3.26. The summed E-state index contributed by atoms with van der Waals surface area (Å²) in [6.45, 7) is 3.17. The number of hydrogen-bond donors (Lipinski definition) is 1. The maximum Gasteiger partial charge on any atom is 0.191 e. The summed E-state index contributed by atoms with van der Waals surface area (Å²) in [5.41, 5.74) is 6.03. The number of nitrogens with zero attached hydrogens (tertiary/aromatic N) is 2. The topological polar surface area (TPSA) is 41.6 Å². The summed E-state index contributed by atoms with van der Waals surface area (Å²) in [6.07, 6.45) is 7.74. The van der Waals surface area contributed by atoms with Gasteiger partial charge in [-0.2, -0.15) is 0 Å². The smallest absolute Gasteiger partial charge is 0.191 e. The van der Waals surface area contributed by atoms with Gasteiger partial charge in [-0.05, 0) is 32.6 Å². The first-order valence-corrected chi connectivity index (χ1v) is 5.91. The highest BCUT2D eigenvalue weighted by molar-refractivity contribution is 5.78. The van der Waals surface area contributed by atoms with E-state index in [4.69, 9.17) is 5.73 Å². The average molecular weight is 195 g/mol. The van der Waals surface area contributed by atoms with Crippen molar-refractivity contribution in [3.63, 3.8) is 0 Å². The van der Waals surface area contributed by atoms with Crippen LogP contribution in [0.1, 0.15) is 45.4 Å². The lowest BCUT2D eigenvalue weighted by atomic mass is 10.3. The van der Waals surface area contributed by atoms with Gasteiger partial charge in [0.2, 0.25) is 0 Å². The fourth-order valence-electron chi connectivity index (χ4n) is 2.29. The minimum absolute atomic E-state index is 0.516. The molecule has 2 fully saturated rings. The van der Waals surface area contributed by atoms with Crippen LogP contribution in [0.5, 0.6) is 0 Å². The molecule has 0 radical (unpaired) electrons. The molecule has 0 heterocycles. The van der Waals surface area contributed by atoms with Gasteiger partial charge in [-0.25, -0.2) is 4.99 Å². The Hall–Kier alpha value is -0.730. The molecule has 0 bridgehead atoms. The van der Waals surface area contributed by atoms with Gasteiger partial charge in [0.15, 0.2) is 5.96 Å². The molecule has 2 N–H and O–H groups in total. The van der Waals surface area contributed by atoms with E-state index in [1.54, 1.807) is 0 Å². The van der Waals surface area contributed by atoms with Crippen LogP contribution in [-0.2, 0) is 0 Å². The predicted octanol–water partition coefficient (Wildman–Crippen LogP) is 1.73. The molecule has 3 nitrogen and oxygen atoms in total. The number of guanidine groups is 1. The van der Waals surface area contributed by atoms with Crippen molar-refractivity contribution < 1.29 is 0 Å². The monoisotopic (exact) mass is 195 g/mol. The molecular weight excluding hydrogens is 174 g/mol. The normalized spacial score (nSPS) is 24.2. The van der Waals surface area contributed by atoms with E-state index in [9.17, 15) is 0 Å². The Morgan fingerprint density at radius 3 is 2.43 bits per heavy atom. The minimum Gasteiger partial charge on any atom is -0.370 e. The van der Waals surface area contributed by atoms with E-state index in [0.717, 1.165) is 12.5 Å². The molecule has 0 aliphatic heterocycles. The second-order valence-electron chi connectivity index (χ2n) is 4.44. The van der Waals surface area contributed by atoms with Crippen LogP contribution in [0, 0.1) is 0 Å². The fourth-order valence-corrected chi connectivity index (χ4v) is 2.29. The lowest BCUT2D eigenvalue weighted by Crippen LogP contribution is -2.39. The van der Waals surface area contributed by atoms with Gasteiger partial charge in [0, 0.05) is 12.6 Å². The van der Waals surface area contributed by atoms with Crippen LogP contribution in [0.15, 0.2) is 4.99 Å². The van der Waals surface area contributed by atoms with Gasteiger partial charge < -0.3 is 10.6 Å². The molecule has 0 aromatic heterocycles. The van der Waals surface area contributed by atoms with Crippen molar-refractivity contribution in [2.24, 2.45) is 10.7 Å². The Morgan fingerprint density at radius 2 is 1.93 bits per heavy atom. The van der Waals surface area contributed by atoms with E-state index in [2.05, 4.69) is 16.8 Å². The molecule has 14 heavy (non-hydrogen) atoms. The van der Waals surface area contributed by atoms with Gasteiger partial charge in [-0.1, -0.05) is 12.8 Å². The Labute approximate surface area is 86.4 Å². The van der Waals surface area contributed by atoms with Crippen LogP contribution >= 0.6 is 0 Å². The van der Waals surface area contributed by atoms with E-state index in [1.807, 2.05) is 0 Å². The highest BCUT2D eigenvalue weighted by atomic mass is 15.3. The third kappa shape index (κ3) is 2.20. The second kappa shape index (κ2) is 4.20. The third-order valence-corrected chi connectivity index (χ3v) is 3.26. The zero-order valence-electron chi connectivity index (χ0n) is 9.08. The van der Waals surface area contributed by atoms with Crippen LogP contribution < -0.4 is 5.73 Å². The SMILES string of the molecule is CCN(C(N)=NC1CCCC1)C1CC1. The van der Waals surface area contributed by atoms with E-state index in [-0.39, 0.29) is 0 Å². The molecule has 0 amide bonds. The van der Waals surface area contributed by atoms with Gasteiger partial charge in [0.05, 0.1) is 6.04 Å². The quantitative estimate of drug-likeness (QED) is 0.550. The van der Waals surface area contributed by atoms with Crippen molar-refractivity contribution in [3.8, 4) is 0 Å². The Bertz CT molecular complexity index is 215.